The molecule has 1 aliphatic rings. The van der Waals surface area contributed by atoms with Gasteiger partial charge in [-0.25, -0.2) is 4.79 Å². The molecular weight excluding hydrogens is 170 g/mol. The molecule has 13 heavy (non-hydrogen) atoms. The summed E-state index contributed by atoms with van der Waals surface area (Å²) in [6.45, 7) is 2.10. The van der Waals surface area contributed by atoms with E-state index in [0.29, 0.717) is 5.92 Å². The molecule has 0 aromatic heterocycles. The van der Waals surface area contributed by atoms with E-state index in [4.69, 9.17) is 4.74 Å². The molecule has 76 valence electrons. The highest BCUT2D eigenvalue weighted by molar-refractivity contribution is 5.66. The lowest BCUT2D eigenvalue weighted by Crippen LogP contribution is -2.38. The van der Waals surface area contributed by atoms with E-state index < -0.39 is 12.2 Å². The summed E-state index contributed by atoms with van der Waals surface area (Å²) in [5.41, 5.74) is 0. The summed E-state index contributed by atoms with van der Waals surface area (Å²) in [7, 11) is 1.51. The Labute approximate surface area is 78.3 Å². The number of nitrogens with one attached hydrogen (secondary N) is 1. The number of hydrogen-bond acceptors (Lipinski definition) is 3. The smallest absolute Gasteiger partial charge is 0.407 e. The van der Waals surface area contributed by atoms with Crippen LogP contribution >= 0.6 is 0 Å². The minimum absolute atomic E-state index is 0.330. The fourth-order valence-corrected chi connectivity index (χ4v) is 1.64. The van der Waals surface area contributed by atoms with Crippen molar-refractivity contribution in [2.24, 2.45) is 5.92 Å². The number of ether oxygens (including phenoxy) is 1. The first-order chi connectivity index (χ1) is 6.13. The molecule has 3 atom stereocenters. The fraction of sp³-hybridized carbons (Fsp3) is 0.889. The summed E-state index contributed by atoms with van der Waals surface area (Å²) < 4.78 is 5.02. The largest absolute Gasteiger partial charge is 0.443 e. The van der Waals surface area contributed by atoms with Crippen LogP contribution in [0.3, 0.4) is 0 Å². The number of aliphatic hydroxyl groups excluding tert-OH is 1. The molecule has 0 aromatic carbocycles. The minimum Gasteiger partial charge on any atom is -0.443 e. The van der Waals surface area contributed by atoms with Gasteiger partial charge in [-0.2, -0.15) is 0 Å². The summed E-state index contributed by atoms with van der Waals surface area (Å²) in [6.07, 6.45) is 1.21. The first-order valence-electron chi connectivity index (χ1n) is 4.70. The zero-order chi connectivity index (χ0) is 9.84. The Morgan fingerprint density at radius 3 is 2.85 bits per heavy atom. The molecule has 1 rings (SSSR count). The van der Waals surface area contributed by atoms with Gasteiger partial charge in [0.2, 0.25) is 0 Å². The van der Waals surface area contributed by atoms with Gasteiger partial charge in [0.1, 0.15) is 6.10 Å². The normalized spacial score (nSPS) is 33.9. The summed E-state index contributed by atoms with van der Waals surface area (Å²) in [6, 6.07) is 0. The van der Waals surface area contributed by atoms with Crippen molar-refractivity contribution < 1.29 is 14.6 Å². The molecule has 0 bridgehead atoms. The Morgan fingerprint density at radius 2 is 2.23 bits per heavy atom. The quantitative estimate of drug-likeness (QED) is 0.641. The van der Waals surface area contributed by atoms with Crippen LogP contribution < -0.4 is 5.32 Å². The lowest BCUT2D eigenvalue weighted by Gasteiger charge is -2.30. The van der Waals surface area contributed by atoms with E-state index in [1.54, 1.807) is 0 Å². The Morgan fingerprint density at radius 1 is 1.54 bits per heavy atom. The number of aliphatic hydroxyl groups is 1. The van der Waals surface area contributed by atoms with Crippen LogP contribution in [0.1, 0.15) is 26.2 Å². The Balaban J connectivity index is 2.41. The van der Waals surface area contributed by atoms with E-state index in [-0.39, 0.29) is 6.10 Å². The standard InChI is InChI=1S/C9H17NO3/c1-6-3-4-7(11)8(5-6)13-9(12)10-2/h6-8,11H,3-5H2,1-2H3,(H,10,12). The van der Waals surface area contributed by atoms with Crippen molar-refractivity contribution in [3.63, 3.8) is 0 Å². The van der Waals surface area contributed by atoms with E-state index in [2.05, 4.69) is 12.2 Å². The maximum atomic E-state index is 10.9. The van der Waals surface area contributed by atoms with Crippen molar-refractivity contribution in [3.05, 3.63) is 0 Å². The highest BCUT2D eigenvalue weighted by Crippen LogP contribution is 2.26. The molecule has 4 heteroatoms. The topological polar surface area (TPSA) is 58.6 Å². The number of hydrogen-bond donors (Lipinski definition) is 2. The van der Waals surface area contributed by atoms with E-state index >= 15 is 0 Å². The summed E-state index contributed by atoms with van der Waals surface area (Å²) >= 11 is 0. The zero-order valence-corrected chi connectivity index (χ0v) is 8.12. The Hall–Kier alpha value is -0.770. The van der Waals surface area contributed by atoms with Gasteiger partial charge in [-0.05, 0) is 25.2 Å². The highest BCUT2D eigenvalue weighted by Gasteiger charge is 2.29. The molecular formula is C9H17NO3. The van der Waals surface area contributed by atoms with Crippen LogP contribution in [-0.4, -0.2) is 30.5 Å². The average Bonchev–Trinajstić information content (AvgIpc) is 2.11. The predicted molar refractivity (Wildman–Crippen MR) is 48.4 cm³/mol. The zero-order valence-electron chi connectivity index (χ0n) is 8.12. The molecule has 0 aromatic rings. The van der Waals surface area contributed by atoms with Crippen molar-refractivity contribution >= 4 is 6.09 Å². The van der Waals surface area contributed by atoms with Crippen LogP contribution in [0, 0.1) is 5.92 Å². The Bertz CT molecular complexity index is 184. The van der Waals surface area contributed by atoms with Crippen molar-refractivity contribution in [3.8, 4) is 0 Å². The maximum absolute atomic E-state index is 10.9. The second kappa shape index (κ2) is 4.46. The van der Waals surface area contributed by atoms with Gasteiger partial charge in [-0.15, -0.1) is 0 Å². The van der Waals surface area contributed by atoms with Gasteiger partial charge in [0.15, 0.2) is 0 Å². The molecule has 4 nitrogen and oxygen atoms in total. The van der Waals surface area contributed by atoms with Gasteiger partial charge in [-0.1, -0.05) is 6.92 Å². The van der Waals surface area contributed by atoms with Crippen LogP contribution in [0.4, 0.5) is 4.79 Å². The van der Waals surface area contributed by atoms with Crippen molar-refractivity contribution in [1.82, 2.24) is 5.32 Å². The number of carbonyl (C=O) groups is 1. The molecule has 0 spiro atoms. The SMILES string of the molecule is CNC(=O)OC1CC(C)CCC1O. The molecule has 0 aliphatic heterocycles. The monoisotopic (exact) mass is 187 g/mol. The molecule has 0 saturated heterocycles. The third-order valence-electron chi connectivity index (χ3n) is 2.48. The molecule has 1 aliphatic carbocycles. The molecule has 1 fully saturated rings. The van der Waals surface area contributed by atoms with Crippen molar-refractivity contribution in [2.45, 2.75) is 38.4 Å². The number of carbonyl (C=O) groups excluding carboxylic acids is 1. The minimum atomic E-state index is -0.492. The van der Waals surface area contributed by atoms with E-state index in [0.717, 1.165) is 19.3 Å². The average molecular weight is 187 g/mol. The highest BCUT2D eigenvalue weighted by atomic mass is 16.6. The number of amides is 1. The van der Waals surface area contributed by atoms with Gasteiger partial charge in [-0.3, -0.25) is 0 Å². The maximum Gasteiger partial charge on any atom is 0.407 e. The van der Waals surface area contributed by atoms with E-state index in [1.165, 1.54) is 7.05 Å². The third-order valence-corrected chi connectivity index (χ3v) is 2.48. The van der Waals surface area contributed by atoms with Gasteiger partial charge in [0, 0.05) is 7.05 Å². The van der Waals surface area contributed by atoms with Gasteiger partial charge < -0.3 is 15.2 Å². The summed E-state index contributed by atoms with van der Waals surface area (Å²) in [5, 5.41) is 11.9. The number of alkyl carbamates (subject to hydrolysis) is 1. The molecule has 2 N–H and O–H groups in total. The lowest BCUT2D eigenvalue weighted by molar-refractivity contribution is -0.0326. The van der Waals surface area contributed by atoms with Crippen LogP contribution in [0.15, 0.2) is 0 Å². The lowest BCUT2D eigenvalue weighted by atomic mass is 9.87. The van der Waals surface area contributed by atoms with Crippen LogP contribution in [0.2, 0.25) is 0 Å². The predicted octanol–water partition coefficient (Wildman–Crippen LogP) is 0.892. The van der Waals surface area contributed by atoms with Crippen molar-refractivity contribution in [1.29, 1.82) is 0 Å². The first-order valence-corrected chi connectivity index (χ1v) is 4.70. The fourth-order valence-electron chi connectivity index (χ4n) is 1.64. The summed E-state index contributed by atoms with van der Waals surface area (Å²) in [4.78, 5) is 10.9. The second-order valence-electron chi connectivity index (χ2n) is 3.68. The molecule has 1 saturated carbocycles. The van der Waals surface area contributed by atoms with Crippen LogP contribution in [-0.2, 0) is 4.74 Å². The van der Waals surface area contributed by atoms with Crippen LogP contribution in [0.5, 0.6) is 0 Å². The van der Waals surface area contributed by atoms with E-state index in [1.807, 2.05) is 0 Å². The first kappa shape index (κ1) is 10.3. The van der Waals surface area contributed by atoms with Gasteiger partial charge >= 0.3 is 6.09 Å². The second-order valence-corrected chi connectivity index (χ2v) is 3.68. The molecule has 3 unspecified atom stereocenters. The van der Waals surface area contributed by atoms with Gasteiger partial charge in [0.05, 0.1) is 6.10 Å². The third kappa shape index (κ3) is 2.88. The molecule has 1 amide bonds. The molecule has 0 radical (unpaired) electrons. The Kier molecular flexibility index (Phi) is 3.54. The molecule has 0 heterocycles. The van der Waals surface area contributed by atoms with E-state index in [9.17, 15) is 9.90 Å². The number of rotatable bonds is 1. The summed E-state index contributed by atoms with van der Waals surface area (Å²) in [5.74, 6) is 0.526. The van der Waals surface area contributed by atoms with Crippen molar-refractivity contribution in [2.75, 3.05) is 7.05 Å². The van der Waals surface area contributed by atoms with Crippen LogP contribution in [0.25, 0.3) is 0 Å². The van der Waals surface area contributed by atoms with Gasteiger partial charge in [0.25, 0.3) is 0 Å².